The Morgan fingerprint density at radius 1 is 1.32 bits per heavy atom. The smallest absolute Gasteiger partial charge is 0.255 e. The number of halogens is 2. The van der Waals surface area contributed by atoms with Gasteiger partial charge in [-0.25, -0.2) is 4.39 Å². The number of hydrogen-bond acceptors (Lipinski definition) is 1. The summed E-state index contributed by atoms with van der Waals surface area (Å²) in [5.74, 6) is -0.188. The van der Waals surface area contributed by atoms with Crippen molar-refractivity contribution in [1.82, 2.24) is 5.32 Å². The Morgan fingerprint density at radius 2 is 2.00 bits per heavy atom. The molecule has 0 aliphatic rings. The van der Waals surface area contributed by atoms with E-state index in [9.17, 15) is 9.18 Å². The largest absolute Gasteiger partial charge is 0.349 e. The third kappa shape index (κ3) is 5.31. The Labute approximate surface area is 122 Å². The standard InChI is InChI=1S/C15H21BrFNO/c1-10(2)6-4-7-11(3)18-15(19)14-12(16)8-5-9-13(14)17/h5,8-11H,4,6-7H2,1-3H3,(H,18,19). The molecule has 0 spiro atoms. The van der Waals surface area contributed by atoms with Crippen molar-refractivity contribution in [3.8, 4) is 0 Å². The van der Waals surface area contributed by atoms with E-state index in [0.717, 1.165) is 19.3 Å². The fourth-order valence-electron chi connectivity index (χ4n) is 1.92. The van der Waals surface area contributed by atoms with Crippen molar-refractivity contribution in [2.24, 2.45) is 5.92 Å². The average molecular weight is 330 g/mol. The molecule has 0 saturated carbocycles. The second-order valence-electron chi connectivity index (χ2n) is 5.30. The van der Waals surface area contributed by atoms with E-state index in [1.807, 2.05) is 6.92 Å². The predicted octanol–water partition coefficient (Wildman–Crippen LogP) is 4.53. The minimum Gasteiger partial charge on any atom is -0.349 e. The highest BCUT2D eigenvalue weighted by Gasteiger charge is 2.17. The first kappa shape index (κ1) is 16.2. The number of carbonyl (C=O) groups excluding carboxylic acids is 1. The average Bonchev–Trinajstić information content (AvgIpc) is 2.27. The lowest BCUT2D eigenvalue weighted by atomic mass is 10.0. The van der Waals surface area contributed by atoms with Crippen molar-refractivity contribution in [3.05, 3.63) is 34.1 Å². The summed E-state index contributed by atoms with van der Waals surface area (Å²) in [6.45, 7) is 6.31. The molecule has 1 rings (SSSR count). The Hall–Kier alpha value is -0.900. The lowest BCUT2D eigenvalue weighted by Gasteiger charge is -2.15. The van der Waals surface area contributed by atoms with Crippen LogP contribution in [0.3, 0.4) is 0 Å². The maximum Gasteiger partial charge on any atom is 0.255 e. The SMILES string of the molecule is CC(C)CCCC(C)NC(=O)c1c(F)cccc1Br. The molecule has 106 valence electrons. The second-order valence-corrected chi connectivity index (χ2v) is 6.15. The number of nitrogens with one attached hydrogen (secondary N) is 1. The van der Waals surface area contributed by atoms with Gasteiger partial charge in [0.1, 0.15) is 5.82 Å². The van der Waals surface area contributed by atoms with Crippen LogP contribution in [-0.2, 0) is 0 Å². The van der Waals surface area contributed by atoms with Crippen LogP contribution in [0.25, 0.3) is 0 Å². The molecule has 0 saturated heterocycles. The molecule has 0 heterocycles. The van der Waals surface area contributed by atoms with Crippen molar-refractivity contribution < 1.29 is 9.18 Å². The summed E-state index contributed by atoms with van der Waals surface area (Å²) >= 11 is 3.21. The highest BCUT2D eigenvalue weighted by Crippen LogP contribution is 2.19. The number of hydrogen-bond donors (Lipinski definition) is 1. The summed E-state index contributed by atoms with van der Waals surface area (Å²) in [7, 11) is 0. The van der Waals surface area contributed by atoms with E-state index in [-0.39, 0.29) is 17.5 Å². The van der Waals surface area contributed by atoms with Crippen molar-refractivity contribution in [2.75, 3.05) is 0 Å². The summed E-state index contributed by atoms with van der Waals surface area (Å²) < 4.78 is 14.1. The lowest BCUT2D eigenvalue weighted by Crippen LogP contribution is -2.33. The van der Waals surface area contributed by atoms with Gasteiger partial charge in [0.15, 0.2) is 0 Å². The minimum absolute atomic E-state index is 0.0535. The van der Waals surface area contributed by atoms with E-state index < -0.39 is 5.82 Å². The minimum atomic E-state index is -0.499. The van der Waals surface area contributed by atoms with E-state index in [4.69, 9.17) is 0 Å². The molecule has 1 aromatic carbocycles. The van der Waals surface area contributed by atoms with Crippen LogP contribution in [0.4, 0.5) is 4.39 Å². The molecule has 0 aliphatic heterocycles. The normalized spacial score (nSPS) is 12.5. The summed E-state index contributed by atoms with van der Waals surface area (Å²) in [4.78, 5) is 12.0. The first-order valence-electron chi connectivity index (χ1n) is 6.66. The Bertz CT molecular complexity index is 414. The van der Waals surface area contributed by atoms with Crippen molar-refractivity contribution in [1.29, 1.82) is 0 Å². The van der Waals surface area contributed by atoms with Gasteiger partial charge in [-0.05, 0) is 47.3 Å². The van der Waals surface area contributed by atoms with Crippen LogP contribution in [0.1, 0.15) is 50.4 Å². The number of carbonyl (C=O) groups is 1. The molecule has 0 aliphatic carbocycles. The van der Waals surface area contributed by atoms with Gasteiger partial charge in [-0.2, -0.15) is 0 Å². The maximum atomic E-state index is 13.6. The van der Waals surface area contributed by atoms with E-state index in [2.05, 4.69) is 35.1 Å². The topological polar surface area (TPSA) is 29.1 Å². The molecule has 1 atom stereocenters. The molecule has 1 unspecified atom stereocenters. The van der Waals surface area contributed by atoms with Crippen LogP contribution in [0, 0.1) is 11.7 Å². The summed E-state index contributed by atoms with van der Waals surface area (Å²) in [6, 6.07) is 4.59. The van der Waals surface area contributed by atoms with Gasteiger partial charge in [-0.15, -0.1) is 0 Å². The molecule has 4 heteroatoms. The third-order valence-electron chi connectivity index (χ3n) is 2.99. The molecular formula is C15H21BrFNO. The van der Waals surface area contributed by atoms with E-state index >= 15 is 0 Å². The van der Waals surface area contributed by atoms with E-state index in [0.29, 0.717) is 10.4 Å². The predicted molar refractivity (Wildman–Crippen MR) is 79.7 cm³/mol. The molecule has 0 radical (unpaired) electrons. The third-order valence-corrected chi connectivity index (χ3v) is 3.65. The van der Waals surface area contributed by atoms with Gasteiger partial charge in [-0.1, -0.05) is 32.8 Å². The second kappa shape index (κ2) is 7.63. The summed E-state index contributed by atoms with van der Waals surface area (Å²) in [6.07, 6.45) is 3.12. The van der Waals surface area contributed by atoms with Crippen molar-refractivity contribution in [2.45, 2.75) is 46.1 Å². The van der Waals surface area contributed by atoms with Gasteiger partial charge in [0, 0.05) is 10.5 Å². The molecule has 1 amide bonds. The number of benzene rings is 1. The Kier molecular flexibility index (Phi) is 6.49. The first-order valence-corrected chi connectivity index (χ1v) is 7.46. The Balaban J connectivity index is 2.55. The van der Waals surface area contributed by atoms with E-state index in [1.165, 1.54) is 6.07 Å². The Morgan fingerprint density at radius 3 is 2.58 bits per heavy atom. The summed E-state index contributed by atoms with van der Waals surface area (Å²) in [5.41, 5.74) is 0.0817. The molecule has 1 N–H and O–H groups in total. The maximum absolute atomic E-state index is 13.6. The summed E-state index contributed by atoms with van der Waals surface area (Å²) in [5, 5.41) is 2.84. The van der Waals surface area contributed by atoms with Gasteiger partial charge in [0.2, 0.25) is 0 Å². The van der Waals surface area contributed by atoms with Crippen LogP contribution in [-0.4, -0.2) is 11.9 Å². The van der Waals surface area contributed by atoms with Crippen LogP contribution in [0.15, 0.2) is 22.7 Å². The molecule has 19 heavy (non-hydrogen) atoms. The fraction of sp³-hybridized carbons (Fsp3) is 0.533. The zero-order chi connectivity index (χ0) is 14.4. The lowest BCUT2D eigenvalue weighted by molar-refractivity contribution is 0.0933. The molecular weight excluding hydrogens is 309 g/mol. The molecule has 0 aromatic heterocycles. The van der Waals surface area contributed by atoms with Gasteiger partial charge < -0.3 is 5.32 Å². The highest BCUT2D eigenvalue weighted by atomic mass is 79.9. The van der Waals surface area contributed by atoms with Crippen molar-refractivity contribution in [3.63, 3.8) is 0 Å². The van der Waals surface area contributed by atoms with Gasteiger partial charge >= 0.3 is 0 Å². The highest BCUT2D eigenvalue weighted by molar-refractivity contribution is 9.10. The van der Waals surface area contributed by atoms with Crippen molar-refractivity contribution >= 4 is 21.8 Å². The molecule has 0 bridgehead atoms. The zero-order valence-corrected chi connectivity index (χ0v) is 13.3. The van der Waals surface area contributed by atoms with Gasteiger partial charge in [-0.3, -0.25) is 4.79 Å². The number of rotatable bonds is 6. The van der Waals surface area contributed by atoms with E-state index in [1.54, 1.807) is 12.1 Å². The van der Waals surface area contributed by atoms with Gasteiger partial charge in [0.25, 0.3) is 5.91 Å². The fourth-order valence-corrected chi connectivity index (χ4v) is 2.44. The molecule has 0 fully saturated rings. The zero-order valence-electron chi connectivity index (χ0n) is 11.7. The molecule has 1 aromatic rings. The van der Waals surface area contributed by atoms with Crippen LogP contribution in [0.5, 0.6) is 0 Å². The van der Waals surface area contributed by atoms with Crippen LogP contribution in [0.2, 0.25) is 0 Å². The quantitative estimate of drug-likeness (QED) is 0.816. The molecule has 2 nitrogen and oxygen atoms in total. The number of amides is 1. The van der Waals surface area contributed by atoms with Crippen LogP contribution >= 0.6 is 15.9 Å². The van der Waals surface area contributed by atoms with Gasteiger partial charge in [0.05, 0.1) is 5.56 Å². The van der Waals surface area contributed by atoms with Crippen LogP contribution < -0.4 is 5.32 Å². The first-order chi connectivity index (χ1) is 8.91. The monoisotopic (exact) mass is 329 g/mol.